The Kier molecular flexibility index (Phi) is 2.16. The number of aryl methyl sites for hydroxylation is 1. The lowest BCUT2D eigenvalue weighted by atomic mass is 9.95. The Bertz CT molecular complexity index is 262. The molecule has 0 amide bonds. The summed E-state index contributed by atoms with van der Waals surface area (Å²) < 4.78 is 0. The van der Waals surface area contributed by atoms with Gasteiger partial charge in [0.15, 0.2) is 0 Å². The first-order valence-corrected chi connectivity index (χ1v) is 4.96. The number of benzene rings is 1. The van der Waals surface area contributed by atoms with Crippen LogP contribution < -0.4 is 0 Å². The van der Waals surface area contributed by atoms with E-state index >= 15 is 0 Å². The average molecular weight is 160 g/mol. The Hall–Kier alpha value is -0.780. The summed E-state index contributed by atoms with van der Waals surface area (Å²) in [5.74, 6) is 0.781. The molecule has 12 heavy (non-hydrogen) atoms. The number of fused-ring (bicyclic) bond motifs is 1. The molecule has 0 bridgehead atoms. The molecular formula is C12H16. The summed E-state index contributed by atoms with van der Waals surface area (Å²) in [5.41, 5.74) is 3.18. The molecule has 1 atom stereocenters. The summed E-state index contributed by atoms with van der Waals surface area (Å²) in [6.45, 7) is 2.35. The first kappa shape index (κ1) is 7.85. The fourth-order valence-corrected chi connectivity index (χ4v) is 2.16. The topological polar surface area (TPSA) is 0 Å². The van der Waals surface area contributed by atoms with Gasteiger partial charge in [-0.05, 0) is 36.3 Å². The van der Waals surface area contributed by atoms with Crippen LogP contribution in [0.5, 0.6) is 0 Å². The smallest absolute Gasteiger partial charge is 0.0188 e. The van der Waals surface area contributed by atoms with Gasteiger partial charge in [0.25, 0.3) is 0 Å². The second-order valence-electron chi connectivity index (χ2n) is 3.85. The molecule has 0 saturated heterocycles. The molecule has 0 aliphatic heterocycles. The van der Waals surface area contributed by atoms with Crippen molar-refractivity contribution in [2.75, 3.05) is 0 Å². The van der Waals surface area contributed by atoms with Gasteiger partial charge in [0.2, 0.25) is 0 Å². The monoisotopic (exact) mass is 160 g/mol. The molecule has 1 aromatic rings. The summed E-state index contributed by atoms with van der Waals surface area (Å²) in [6, 6.07) is 8.92. The van der Waals surface area contributed by atoms with Gasteiger partial charge >= 0.3 is 0 Å². The predicted octanol–water partition coefficient (Wildman–Crippen LogP) is 3.52. The van der Waals surface area contributed by atoms with Crippen molar-refractivity contribution < 1.29 is 0 Å². The molecule has 0 radical (unpaired) electrons. The Labute approximate surface area is 74.6 Å². The van der Waals surface area contributed by atoms with Gasteiger partial charge in [0, 0.05) is 0 Å². The third-order valence-electron chi connectivity index (χ3n) is 2.92. The zero-order valence-corrected chi connectivity index (χ0v) is 7.72. The molecule has 0 nitrogen and oxygen atoms in total. The third-order valence-corrected chi connectivity index (χ3v) is 2.92. The van der Waals surface area contributed by atoms with Crippen LogP contribution in [0.15, 0.2) is 24.3 Å². The average Bonchev–Trinajstić information content (AvgIpc) is 2.29. The van der Waals surface area contributed by atoms with E-state index < -0.39 is 0 Å². The minimum absolute atomic E-state index is 0.781. The van der Waals surface area contributed by atoms with E-state index in [-0.39, 0.29) is 0 Å². The van der Waals surface area contributed by atoms with Gasteiger partial charge in [-0.15, -0.1) is 0 Å². The van der Waals surface area contributed by atoms with Gasteiger partial charge in [-0.2, -0.15) is 0 Å². The normalized spacial score (nSPS) is 22.9. The highest BCUT2D eigenvalue weighted by atomic mass is 14.2. The van der Waals surface area contributed by atoms with Gasteiger partial charge in [-0.3, -0.25) is 0 Å². The number of hydrogen-bond donors (Lipinski definition) is 0. The van der Waals surface area contributed by atoms with Gasteiger partial charge < -0.3 is 0 Å². The first-order chi connectivity index (χ1) is 5.88. The summed E-state index contributed by atoms with van der Waals surface area (Å²) >= 11 is 0. The lowest BCUT2D eigenvalue weighted by molar-refractivity contribution is 0.635. The molecule has 2 rings (SSSR count). The molecule has 0 saturated carbocycles. The maximum atomic E-state index is 2.35. The SMILES string of the molecule is C[C@H]1CCCCc2ccccc21. The predicted molar refractivity (Wildman–Crippen MR) is 52.4 cm³/mol. The molecule has 64 valence electrons. The summed E-state index contributed by atoms with van der Waals surface area (Å²) in [7, 11) is 0. The standard InChI is InChI=1S/C12H16/c1-10-6-2-3-7-11-8-4-5-9-12(10)11/h4-5,8-10H,2-3,6-7H2,1H3/t10-/m0/s1. The number of hydrogen-bond acceptors (Lipinski definition) is 0. The quantitative estimate of drug-likeness (QED) is 0.509. The first-order valence-electron chi connectivity index (χ1n) is 4.96. The fourth-order valence-electron chi connectivity index (χ4n) is 2.16. The Morgan fingerprint density at radius 2 is 2.00 bits per heavy atom. The lowest BCUT2D eigenvalue weighted by Crippen LogP contribution is -1.94. The molecule has 1 aliphatic rings. The summed E-state index contributed by atoms with van der Waals surface area (Å²) in [5, 5.41) is 0. The maximum Gasteiger partial charge on any atom is -0.0188 e. The zero-order valence-electron chi connectivity index (χ0n) is 7.72. The van der Waals surface area contributed by atoms with E-state index in [9.17, 15) is 0 Å². The van der Waals surface area contributed by atoms with Crippen molar-refractivity contribution in [1.29, 1.82) is 0 Å². The minimum atomic E-state index is 0.781. The van der Waals surface area contributed by atoms with Crippen LogP contribution in [0, 0.1) is 0 Å². The highest BCUT2D eigenvalue weighted by Gasteiger charge is 2.12. The van der Waals surface area contributed by atoms with Crippen LogP contribution in [0.4, 0.5) is 0 Å². The van der Waals surface area contributed by atoms with E-state index in [4.69, 9.17) is 0 Å². The van der Waals surface area contributed by atoms with Gasteiger partial charge in [-0.25, -0.2) is 0 Å². The van der Waals surface area contributed by atoms with Crippen LogP contribution in [0.25, 0.3) is 0 Å². The Morgan fingerprint density at radius 1 is 1.17 bits per heavy atom. The minimum Gasteiger partial charge on any atom is -0.0620 e. The van der Waals surface area contributed by atoms with Crippen LogP contribution in [-0.4, -0.2) is 0 Å². The van der Waals surface area contributed by atoms with E-state index in [0.717, 1.165) is 5.92 Å². The molecule has 0 spiro atoms. The molecule has 0 unspecified atom stereocenters. The molecule has 1 aliphatic carbocycles. The van der Waals surface area contributed by atoms with Gasteiger partial charge in [0.05, 0.1) is 0 Å². The molecule has 0 N–H and O–H groups in total. The highest BCUT2D eigenvalue weighted by molar-refractivity contribution is 5.30. The largest absolute Gasteiger partial charge is 0.0620 e. The van der Waals surface area contributed by atoms with Crippen molar-refractivity contribution in [3.63, 3.8) is 0 Å². The summed E-state index contributed by atoms with van der Waals surface area (Å²) in [4.78, 5) is 0. The zero-order chi connectivity index (χ0) is 8.39. The molecular weight excluding hydrogens is 144 g/mol. The van der Waals surface area contributed by atoms with Crippen molar-refractivity contribution in [1.82, 2.24) is 0 Å². The summed E-state index contributed by atoms with van der Waals surface area (Å²) in [6.07, 6.45) is 5.44. The van der Waals surface area contributed by atoms with Gasteiger partial charge in [-0.1, -0.05) is 37.6 Å². The lowest BCUT2D eigenvalue weighted by Gasteiger charge is -2.11. The van der Waals surface area contributed by atoms with E-state index in [2.05, 4.69) is 31.2 Å². The van der Waals surface area contributed by atoms with Crippen LogP contribution in [0.3, 0.4) is 0 Å². The van der Waals surface area contributed by atoms with Crippen molar-refractivity contribution in [3.05, 3.63) is 35.4 Å². The molecule has 0 heteroatoms. The molecule has 1 aromatic carbocycles. The van der Waals surface area contributed by atoms with E-state index in [0.29, 0.717) is 0 Å². The second kappa shape index (κ2) is 3.30. The van der Waals surface area contributed by atoms with E-state index in [1.165, 1.54) is 25.7 Å². The molecule has 0 heterocycles. The van der Waals surface area contributed by atoms with Crippen molar-refractivity contribution >= 4 is 0 Å². The third kappa shape index (κ3) is 1.38. The van der Waals surface area contributed by atoms with Crippen LogP contribution in [0.2, 0.25) is 0 Å². The van der Waals surface area contributed by atoms with Crippen molar-refractivity contribution in [2.45, 2.75) is 38.5 Å². The molecule has 0 fully saturated rings. The van der Waals surface area contributed by atoms with Crippen LogP contribution >= 0.6 is 0 Å². The number of rotatable bonds is 0. The highest BCUT2D eigenvalue weighted by Crippen LogP contribution is 2.29. The van der Waals surface area contributed by atoms with Crippen molar-refractivity contribution in [3.8, 4) is 0 Å². The van der Waals surface area contributed by atoms with Crippen LogP contribution in [0.1, 0.15) is 43.2 Å². The molecule has 0 aromatic heterocycles. The fraction of sp³-hybridized carbons (Fsp3) is 0.500. The maximum absolute atomic E-state index is 2.35. The Morgan fingerprint density at radius 3 is 2.92 bits per heavy atom. The van der Waals surface area contributed by atoms with E-state index in [1.807, 2.05) is 0 Å². The van der Waals surface area contributed by atoms with E-state index in [1.54, 1.807) is 11.1 Å². The van der Waals surface area contributed by atoms with Gasteiger partial charge in [0.1, 0.15) is 0 Å². The Balaban J connectivity index is 2.39. The second-order valence-corrected chi connectivity index (χ2v) is 3.85. The van der Waals surface area contributed by atoms with Crippen molar-refractivity contribution in [2.24, 2.45) is 0 Å². The van der Waals surface area contributed by atoms with Crippen LogP contribution in [-0.2, 0) is 6.42 Å².